The number of benzene rings is 1. The first-order valence-corrected chi connectivity index (χ1v) is 7.03. The molecule has 1 atom stereocenters. The van der Waals surface area contributed by atoms with E-state index in [2.05, 4.69) is 10.6 Å². The van der Waals surface area contributed by atoms with E-state index >= 15 is 0 Å². The third kappa shape index (κ3) is 4.05. The number of nitrogens with zero attached hydrogens (tertiary/aromatic N) is 1. The molecule has 7 heteroatoms. The summed E-state index contributed by atoms with van der Waals surface area (Å²) in [6.07, 6.45) is -0.0699. The van der Waals surface area contributed by atoms with Crippen LogP contribution in [0.25, 0.3) is 0 Å². The Morgan fingerprint density at radius 3 is 2.73 bits per heavy atom. The zero-order valence-corrected chi connectivity index (χ0v) is 12.4. The van der Waals surface area contributed by atoms with Crippen molar-refractivity contribution in [3.63, 3.8) is 0 Å². The third-order valence-corrected chi connectivity index (χ3v) is 3.31. The lowest BCUT2D eigenvalue weighted by molar-refractivity contribution is -0.131. The van der Waals surface area contributed by atoms with Gasteiger partial charge in [0.05, 0.1) is 19.6 Å². The van der Waals surface area contributed by atoms with E-state index in [1.54, 1.807) is 0 Å². The lowest BCUT2D eigenvalue weighted by atomic mass is 10.2. The molecule has 0 aliphatic carbocycles. The van der Waals surface area contributed by atoms with E-state index in [1.807, 2.05) is 30.3 Å². The number of rotatable bonds is 7. The number of hydrogen-bond acceptors (Lipinski definition) is 4. The Kier molecular flexibility index (Phi) is 5.48. The normalized spacial score (nSPS) is 17.5. The summed E-state index contributed by atoms with van der Waals surface area (Å²) in [5, 5.41) is 5.17. The molecule has 4 amide bonds. The molecule has 0 radical (unpaired) electrons. The molecule has 0 saturated carbocycles. The Balaban J connectivity index is 1.90. The maximum Gasteiger partial charge on any atom is 0.325 e. The second-order valence-corrected chi connectivity index (χ2v) is 4.96. The highest BCUT2D eigenvalue weighted by atomic mass is 16.5. The van der Waals surface area contributed by atoms with Gasteiger partial charge in [0, 0.05) is 13.7 Å². The van der Waals surface area contributed by atoms with Crippen LogP contribution in [0.3, 0.4) is 0 Å². The summed E-state index contributed by atoms with van der Waals surface area (Å²) in [6.45, 7) is 0.974. The van der Waals surface area contributed by atoms with Gasteiger partial charge in [0.2, 0.25) is 5.91 Å². The Labute approximate surface area is 128 Å². The first-order chi connectivity index (χ1) is 10.6. The minimum atomic E-state index is -0.807. The summed E-state index contributed by atoms with van der Waals surface area (Å²) >= 11 is 0. The molecule has 2 rings (SSSR count). The molecular formula is C15H19N3O4. The predicted molar refractivity (Wildman–Crippen MR) is 78.8 cm³/mol. The Bertz CT molecular complexity index is 547. The average molecular weight is 305 g/mol. The smallest absolute Gasteiger partial charge is 0.325 e. The van der Waals surface area contributed by atoms with Crippen LogP contribution in [0, 0.1) is 0 Å². The van der Waals surface area contributed by atoms with Crippen molar-refractivity contribution < 1.29 is 19.1 Å². The van der Waals surface area contributed by atoms with Crippen molar-refractivity contribution in [2.75, 3.05) is 20.3 Å². The number of methoxy groups -OCH3 is 1. The monoisotopic (exact) mass is 305 g/mol. The molecule has 1 saturated heterocycles. The van der Waals surface area contributed by atoms with Crippen molar-refractivity contribution in [3.05, 3.63) is 35.9 Å². The van der Waals surface area contributed by atoms with Crippen LogP contribution in [-0.2, 0) is 20.9 Å². The van der Waals surface area contributed by atoms with E-state index in [-0.39, 0.29) is 24.8 Å². The first-order valence-electron chi connectivity index (χ1n) is 7.03. The van der Waals surface area contributed by atoms with E-state index in [0.29, 0.717) is 13.2 Å². The van der Waals surface area contributed by atoms with Crippen molar-refractivity contribution >= 4 is 17.8 Å². The van der Waals surface area contributed by atoms with E-state index in [4.69, 9.17) is 4.74 Å². The van der Waals surface area contributed by atoms with Gasteiger partial charge in [0.15, 0.2) is 0 Å². The molecular weight excluding hydrogens is 286 g/mol. The Hall–Kier alpha value is -2.41. The minimum absolute atomic E-state index is 0.0699. The van der Waals surface area contributed by atoms with E-state index < -0.39 is 12.1 Å². The summed E-state index contributed by atoms with van der Waals surface area (Å²) in [7, 11) is 1.54. The highest BCUT2D eigenvalue weighted by Crippen LogP contribution is 2.13. The fraction of sp³-hybridized carbons (Fsp3) is 0.400. The quantitative estimate of drug-likeness (QED) is 0.559. The lowest BCUT2D eigenvalue weighted by Crippen LogP contribution is -2.37. The predicted octanol–water partition coefficient (Wildman–Crippen LogP) is 0.260. The van der Waals surface area contributed by atoms with Crippen LogP contribution in [0.5, 0.6) is 0 Å². The maximum absolute atomic E-state index is 12.2. The standard InChI is InChI=1S/C15H19N3O4/c1-22-8-7-16-13(19)9-12-14(20)18(15(21)17-12)10-11-5-3-2-4-6-11/h2-6,12H,7-10H2,1H3,(H,16,19)(H,17,21)/t12-/m0/s1. The van der Waals surface area contributed by atoms with Crippen LogP contribution in [0.2, 0.25) is 0 Å². The van der Waals surface area contributed by atoms with E-state index in [1.165, 1.54) is 7.11 Å². The molecule has 1 heterocycles. The van der Waals surface area contributed by atoms with Crippen LogP contribution in [0.15, 0.2) is 30.3 Å². The van der Waals surface area contributed by atoms with Crippen molar-refractivity contribution in [1.82, 2.24) is 15.5 Å². The van der Waals surface area contributed by atoms with Gasteiger partial charge in [-0.3, -0.25) is 14.5 Å². The number of hydrogen-bond donors (Lipinski definition) is 2. The van der Waals surface area contributed by atoms with Gasteiger partial charge in [-0.1, -0.05) is 30.3 Å². The van der Waals surface area contributed by atoms with Gasteiger partial charge in [-0.25, -0.2) is 4.79 Å². The second-order valence-electron chi connectivity index (χ2n) is 4.96. The topological polar surface area (TPSA) is 87.7 Å². The molecule has 118 valence electrons. The Morgan fingerprint density at radius 2 is 2.05 bits per heavy atom. The molecule has 7 nitrogen and oxygen atoms in total. The van der Waals surface area contributed by atoms with Gasteiger partial charge < -0.3 is 15.4 Å². The average Bonchev–Trinajstić information content (AvgIpc) is 2.76. The molecule has 1 aromatic carbocycles. The summed E-state index contributed by atoms with van der Waals surface area (Å²) < 4.78 is 4.82. The molecule has 0 bridgehead atoms. The van der Waals surface area contributed by atoms with Crippen LogP contribution in [-0.4, -0.2) is 49.0 Å². The number of imide groups is 1. The van der Waals surface area contributed by atoms with Crippen LogP contribution < -0.4 is 10.6 Å². The molecule has 1 aliphatic heterocycles. The zero-order valence-electron chi connectivity index (χ0n) is 12.4. The maximum atomic E-state index is 12.2. The molecule has 0 unspecified atom stereocenters. The fourth-order valence-corrected chi connectivity index (χ4v) is 2.18. The van der Waals surface area contributed by atoms with Crippen molar-refractivity contribution in [2.24, 2.45) is 0 Å². The second kappa shape index (κ2) is 7.56. The van der Waals surface area contributed by atoms with E-state index in [9.17, 15) is 14.4 Å². The van der Waals surface area contributed by atoms with Crippen LogP contribution in [0.4, 0.5) is 4.79 Å². The molecule has 22 heavy (non-hydrogen) atoms. The zero-order chi connectivity index (χ0) is 15.9. The molecule has 0 spiro atoms. The molecule has 1 aromatic rings. The highest BCUT2D eigenvalue weighted by Gasteiger charge is 2.38. The lowest BCUT2D eigenvalue weighted by Gasteiger charge is -2.13. The fourth-order valence-electron chi connectivity index (χ4n) is 2.18. The van der Waals surface area contributed by atoms with Gasteiger partial charge in [-0.15, -0.1) is 0 Å². The number of nitrogens with one attached hydrogen (secondary N) is 2. The highest BCUT2D eigenvalue weighted by molar-refractivity contribution is 6.05. The van der Waals surface area contributed by atoms with Gasteiger partial charge >= 0.3 is 6.03 Å². The molecule has 1 aliphatic rings. The SMILES string of the molecule is COCCNC(=O)C[C@@H]1NC(=O)N(Cc2ccccc2)C1=O. The van der Waals surface area contributed by atoms with Crippen LogP contribution >= 0.6 is 0 Å². The largest absolute Gasteiger partial charge is 0.383 e. The number of urea groups is 1. The van der Waals surface area contributed by atoms with Gasteiger partial charge in [0.1, 0.15) is 6.04 Å². The summed E-state index contributed by atoms with van der Waals surface area (Å²) in [5.41, 5.74) is 0.858. The van der Waals surface area contributed by atoms with Gasteiger partial charge in [-0.2, -0.15) is 0 Å². The number of carbonyl (C=O) groups excluding carboxylic acids is 3. The van der Waals surface area contributed by atoms with Gasteiger partial charge in [0.25, 0.3) is 5.91 Å². The van der Waals surface area contributed by atoms with Crippen molar-refractivity contribution in [1.29, 1.82) is 0 Å². The molecule has 1 fully saturated rings. The first kappa shape index (κ1) is 16.0. The minimum Gasteiger partial charge on any atom is -0.383 e. The number of carbonyl (C=O) groups is 3. The van der Waals surface area contributed by atoms with Crippen molar-refractivity contribution in [3.8, 4) is 0 Å². The van der Waals surface area contributed by atoms with Crippen LogP contribution in [0.1, 0.15) is 12.0 Å². The number of ether oxygens (including phenoxy) is 1. The summed E-state index contributed by atoms with van der Waals surface area (Å²) in [4.78, 5) is 36.9. The third-order valence-electron chi connectivity index (χ3n) is 3.31. The summed E-state index contributed by atoms with van der Waals surface area (Å²) in [5.74, 6) is -0.673. The van der Waals surface area contributed by atoms with E-state index in [0.717, 1.165) is 10.5 Å². The molecule has 0 aromatic heterocycles. The van der Waals surface area contributed by atoms with Crippen molar-refractivity contribution in [2.45, 2.75) is 19.0 Å². The number of amides is 4. The molecule has 2 N–H and O–H groups in total. The summed E-state index contributed by atoms with van der Waals surface area (Å²) in [6, 6.07) is 7.95. The van der Waals surface area contributed by atoms with Gasteiger partial charge in [-0.05, 0) is 5.56 Å². The Morgan fingerprint density at radius 1 is 1.32 bits per heavy atom.